The van der Waals surface area contributed by atoms with E-state index < -0.39 is 5.97 Å². The maximum atomic E-state index is 13.1. The predicted octanol–water partition coefficient (Wildman–Crippen LogP) is 5.31. The number of hydrogen-bond donors (Lipinski definition) is 1. The van der Waals surface area contributed by atoms with Crippen molar-refractivity contribution in [3.63, 3.8) is 0 Å². The van der Waals surface area contributed by atoms with Crippen LogP contribution < -0.4 is 4.74 Å². The van der Waals surface area contributed by atoms with Gasteiger partial charge in [-0.15, -0.1) is 0 Å². The summed E-state index contributed by atoms with van der Waals surface area (Å²) < 4.78 is 7.86. The van der Waals surface area contributed by atoms with Crippen LogP contribution in [-0.4, -0.2) is 49.1 Å². The molecule has 4 rings (SSSR count). The molecule has 1 fully saturated rings. The third-order valence-electron chi connectivity index (χ3n) is 5.46. The lowest BCUT2D eigenvalue weighted by Gasteiger charge is -2.13. The lowest BCUT2D eigenvalue weighted by Crippen LogP contribution is -2.29. The molecule has 0 unspecified atom stereocenters. The molecule has 9 heteroatoms. The first kappa shape index (κ1) is 24.7. The maximum absolute atomic E-state index is 13.1. The molecule has 1 aromatic heterocycles. The number of rotatable bonds is 9. The predicted molar refractivity (Wildman–Crippen MR) is 142 cm³/mol. The summed E-state index contributed by atoms with van der Waals surface area (Å²) in [6.45, 7) is 4.81. The fourth-order valence-corrected chi connectivity index (χ4v) is 5.10. The van der Waals surface area contributed by atoms with Gasteiger partial charge in [-0.2, -0.15) is 5.10 Å². The van der Waals surface area contributed by atoms with Crippen LogP contribution in [0.5, 0.6) is 5.75 Å². The molecule has 0 aliphatic carbocycles. The third-order valence-corrected chi connectivity index (χ3v) is 6.84. The molecule has 2 heterocycles. The van der Waals surface area contributed by atoms with Gasteiger partial charge in [0.15, 0.2) is 0 Å². The van der Waals surface area contributed by atoms with E-state index in [1.807, 2.05) is 74.7 Å². The fraction of sp³-hybridized carbons (Fsp3) is 0.231. The molecule has 0 saturated carbocycles. The quantitative estimate of drug-likeness (QED) is 0.310. The van der Waals surface area contributed by atoms with E-state index in [1.54, 1.807) is 4.68 Å². The first-order chi connectivity index (χ1) is 16.9. The van der Waals surface area contributed by atoms with E-state index in [2.05, 4.69) is 0 Å². The van der Waals surface area contributed by atoms with Crippen molar-refractivity contribution >= 4 is 46.3 Å². The fourth-order valence-electron chi connectivity index (χ4n) is 3.80. The van der Waals surface area contributed by atoms with Crippen LogP contribution >= 0.6 is 24.0 Å². The Hall–Kier alpha value is -3.43. The molecular weight excluding hydrogens is 482 g/mol. The molecule has 1 aliphatic heterocycles. The van der Waals surface area contributed by atoms with E-state index in [0.717, 1.165) is 33.8 Å². The molecule has 0 radical (unpaired) electrons. The monoisotopic (exact) mass is 507 g/mol. The zero-order valence-corrected chi connectivity index (χ0v) is 21.1. The van der Waals surface area contributed by atoms with Gasteiger partial charge in [-0.25, -0.2) is 4.68 Å². The highest BCUT2D eigenvalue weighted by molar-refractivity contribution is 8.26. The summed E-state index contributed by atoms with van der Waals surface area (Å²) in [6.07, 6.45) is 4.05. The number of aliphatic carboxylic acids is 1. The van der Waals surface area contributed by atoms with Crippen LogP contribution in [0.3, 0.4) is 0 Å². The zero-order valence-electron chi connectivity index (χ0n) is 19.4. The van der Waals surface area contributed by atoms with Crippen molar-refractivity contribution in [1.29, 1.82) is 0 Å². The molecule has 1 amide bonds. The Balaban J connectivity index is 1.72. The highest BCUT2D eigenvalue weighted by Gasteiger charge is 2.32. The van der Waals surface area contributed by atoms with Crippen LogP contribution in [0.2, 0.25) is 0 Å². The molecule has 1 N–H and O–H groups in total. The van der Waals surface area contributed by atoms with E-state index in [0.29, 0.717) is 22.3 Å². The largest absolute Gasteiger partial charge is 0.494 e. The normalized spacial score (nSPS) is 14.7. The first-order valence-electron chi connectivity index (χ1n) is 11.2. The molecule has 2 aromatic carbocycles. The molecule has 3 aromatic rings. The minimum atomic E-state index is -0.894. The summed E-state index contributed by atoms with van der Waals surface area (Å²) in [5.41, 5.74) is 4.37. The Labute approximate surface area is 213 Å². The summed E-state index contributed by atoms with van der Waals surface area (Å²) in [6, 6.07) is 15.6. The van der Waals surface area contributed by atoms with E-state index in [4.69, 9.17) is 27.2 Å². The molecule has 0 atom stereocenters. The Bertz CT molecular complexity index is 1300. The Kier molecular flexibility index (Phi) is 7.67. The van der Waals surface area contributed by atoms with E-state index in [-0.39, 0.29) is 18.9 Å². The number of thiocarbonyl (C=S) groups is 1. The average molecular weight is 508 g/mol. The van der Waals surface area contributed by atoms with Gasteiger partial charge >= 0.3 is 5.97 Å². The van der Waals surface area contributed by atoms with Gasteiger partial charge in [-0.3, -0.25) is 14.5 Å². The number of amides is 1. The number of aromatic nitrogens is 2. The SMILES string of the molecule is CCOc1ccc(-c2nn(-c3ccccc3)cc2C=C2SC(=S)N(CCCC(=O)O)C2=O)c(C)c1. The number of benzene rings is 2. The van der Waals surface area contributed by atoms with Crippen molar-refractivity contribution in [2.75, 3.05) is 13.2 Å². The van der Waals surface area contributed by atoms with E-state index in [1.165, 1.54) is 16.7 Å². The van der Waals surface area contributed by atoms with Crippen molar-refractivity contribution in [2.45, 2.75) is 26.7 Å². The lowest BCUT2D eigenvalue weighted by molar-refractivity contribution is -0.137. The third kappa shape index (κ3) is 5.63. The molecule has 1 saturated heterocycles. The lowest BCUT2D eigenvalue weighted by atomic mass is 10.0. The second-order valence-electron chi connectivity index (χ2n) is 7.95. The standard InChI is InChI=1S/C26H25N3O4S2/c1-3-33-20-11-12-21(17(2)14-20)24-18(16-29(27-24)19-8-5-4-6-9-19)15-22-25(32)28(26(34)35-22)13-7-10-23(30)31/h4-6,8-9,11-12,14-16H,3,7,10,13H2,1-2H3,(H,30,31). The number of hydrogen-bond acceptors (Lipinski definition) is 6. The Morgan fingerprint density at radius 1 is 1.23 bits per heavy atom. The second kappa shape index (κ2) is 10.9. The van der Waals surface area contributed by atoms with Crippen LogP contribution in [0, 0.1) is 6.92 Å². The van der Waals surface area contributed by atoms with Crippen LogP contribution in [0.1, 0.15) is 30.9 Å². The average Bonchev–Trinajstić information content (AvgIpc) is 3.36. The van der Waals surface area contributed by atoms with Crippen LogP contribution in [0.25, 0.3) is 23.0 Å². The van der Waals surface area contributed by atoms with Crippen LogP contribution in [0.4, 0.5) is 0 Å². The van der Waals surface area contributed by atoms with E-state index >= 15 is 0 Å². The van der Waals surface area contributed by atoms with Gasteiger partial charge in [0, 0.05) is 30.3 Å². The molecule has 35 heavy (non-hydrogen) atoms. The van der Waals surface area contributed by atoms with Crippen LogP contribution in [-0.2, 0) is 9.59 Å². The molecule has 7 nitrogen and oxygen atoms in total. The van der Waals surface area contributed by atoms with Gasteiger partial charge in [0.25, 0.3) is 5.91 Å². The van der Waals surface area contributed by atoms with Gasteiger partial charge in [-0.05, 0) is 62.2 Å². The van der Waals surface area contributed by atoms with Gasteiger partial charge < -0.3 is 9.84 Å². The number of carbonyl (C=O) groups excluding carboxylic acids is 1. The Morgan fingerprint density at radius 2 is 2.00 bits per heavy atom. The number of para-hydroxylation sites is 1. The summed E-state index contributed by atoms with van der Waals surface area (Å²) in [5.74, 6) is -0.318. The molecule has 1 aliphatic rings. The summed E-state index contributed by atoms with van der Waals surface area (Å²) in [4.78, 5) is 25.9. The summed E-state index contributed by atoms with van der Waals surface area (Å²) >= 11 is 6.63. The van der Waals surface area contributed by atoms with Crippen molar-refractivity contribution < 1.29 is 19.4 Å². The van der Waals surface area contributed by atoms with E-state index in [9.17, 15) is 9.59 Å². The number of carboxylic acids is 1. The number of carbonyl (C=O) groups is 2. The number of thioether (sulfide) groups is 1. The topological polar surface area (TPSA) is 84.7 Å². The molecular formula is C26H25N3O4S2. The summed E-state index contributed by atoms with van der Waals surface area (Å²) in [7, 11) is 0. The van der Waals surface area contributed by atoms with Crippen LogP contribution in [0.15, 0.2) is 59.6 Å². The van der Waals surface area contributed by atoms with Gasteiger partial charge in [0.1, 0.15) is 15.8 Å². The zero-order chi connectivity index (χ0) is 24.9. The molecule has 0 spiro atoms. The number of nitrogens with zero attached hydrogens (tertiary/aromatic N) is 3. The smallest absolute Gasteiger partial charge is 0.303 e. The van der Waals surface area contributed by atoms with Crippen molar-refractivity contribution in [3.8, 4) is 22.7 Å². The van der Waals surface area contributed by atoms with Crippen molar-refractivity contribution in [1.82, 2.24) is 14.7 Å². The minimum absolute atomic E-state index is 0.0128. The molecule has 0 bridgehead atoms. The number of ether oxygens (including phenoxy) is 1. The minimum Gasteiger partial charge on any atom is -0.494 e. The van der Waals surface area contributed by atoms with Gasteiger partial charge in [-0.1, -0.05) is 42.2 Å². The highest BCUT2D eigenvalue weighted by atomic mass is 32.2. The molecule has 180 valence electrons. The highest BCUT2D eigenvalue weighted by Crippen LogP contribution is 2.36. The first-order valence-corrected chi connectivity index (χ1v) is 12.5. The van der Waals surface area contributed by atoms with Gasteiger partial charge in [0.2, 0.25) is 0 Å². The van der Waals surface area contributed by atoms with Crippen molar-refractivity contribution in [3.05, 3.63) is 70.8 Å². The second-order valence-corrected chi connectivity index (χ2v) is 9.63. The summed E-state index contributed by atoms with van der Waals surface area (Å²) in [5, 5.41) is 13.8. The Morgan fingerprint density at radius 3 is 2.69 bits per heavy atom. The number of aryl methyl sites for hydroxylation is 1. The maximum Gasteiger partial charge on any atom is 0.303 e. The van der Waals surface area contributed by atoms with Gasteiger partial charge in [0.05, 0.1) is 17.2 Å². The van der Waals surface area contributed by atoms with Crippen molar-refractivity contribution in [2.24, 2.45) is 0 Å². The number of carboxylic acid groups (broad SMARTS) is 1.